The maximum Gasteiger partial charge on any atom is 0.228 e. The number of halogens is 1. The van der Waals surface area contributed by atoms with Crippen molar-refractivity contribution in [1.29, 1.82) is 0 Å². The minimum atomic E-state index is 0.490. The number of allylic oxidation sites excluding steroid dienone is 1. The number of rotatable bonds is 6. The van der Waals surface area contributed by atoms with Gasteiger partial charge in [-0.15, -0.1) is 11.8 Å². The van der Waals surface area contributed by atoms with E-state index < -0.39 is 0 Å². The van der Waals surface area contributed by atoms with Gasteiger partial charge in [-0.2, -0.15) is 0 Å². The molecule has 6 heteroatoms. The maximum atomic E-state index is 6.15. The molecule has 1 N–H and O–H groups in total. The second-order valence-electron chi connectivity index (χ2n) is 4.79. The van der Waals surface area contributed by atoms with Gasteiger partial charge in [0, 0.05) is 18.0 Å². The number of thioether (sulfide) groups is 1. The third-order valence-corrected chi connectivity index (χ3v) is 3.71. The van der Waals surface area contributed by atoms with Crippen LogP contribution in [0.5, 0.6) is 5.75 Å². The molecule has 0 radical (unpaired) electrons. The third kappa shape index (κ3) is 4.93. The van der Waals surface area contributed by atoms with Gasteiger partial charge in [0.2, 0.25) is 5.95 Å². The lowest BCUT2D eigenvalue weighted by molar-refractivity contribution is 0.362. The van der Waals surface area contributed by atoms with Gasteiger partial charge in [-0.05, 0) is 44.4 Å². The van der Waals surface area contributed by atoms with Crippen LogP contribution in [0.4, 0.5) is 11.6 Å². The molecule has 22 heavy (non-hydrogen) atoms. The van der Waals surface area contributed by atoms with Crippen LogP contribution in [-0.4, -0.2) is 22.8 Å². The van der Waals surface area contributed by atoms with E-state index in [1.807, 2.05) is 44.4 Å². The summed E-state index contributed by atoms with van der Waals surface area (Å²) in [6, 6.07) is 7.37. The van der Waals surface area contributed by atoms with E-state index in [1.54, 1.807) is 24.0 Å². The number of hydrogen-bond donors (Lipinski definition) is 1. The van der Waals surface area contributed by atoms with Crippen molar-refractivity contribution in [3.05, 3.63) is 47.1 Å². The monoisotopic (exact) mass is 335 g/mol. The summed E-state index contributed by atoms with van der Waals surface area (Å²) in [4.78, 5) is 8.58. The molecular formula is C16H18ClN3OS. The molecular weight excluding hydrogens is 318 g/mol. The number of nitrogens with one attached hydrogen (secondary N) is 1. The molecule has 0 saturated heterocycles. The fourth-order valence-electron chi connectivity index (χ4n) is 1.63. The molecule has 0 atom stereocenters. The van der Waals surface area contributed by atoms with Crippen molar-refractivity contribution in [3.63, 3.8) is 0 Å². The van der Waals surface area contributed by atoms with E-state index in [1.165, 1.54) is 5.57 Å². The molecule has 2 rings (SSSR count). The summed E-state index contributed by atoms with van der Waals surface area (Å²) in [7, 11) is 0. The lowest BCUT2D eigenvalue weighted by atomic mass is 10.3. The van der Waals surface area contributed by atoms with Crippen LogP contribution in [0.3, 0.4) is 0 Å². The Morgan fingerprint density at radius 3 is 2.91 bits per heavy atom. The van der Waals surface area contributed by atoms with E-state index in [0.717, 1.165) is 10.7 Å². The molecule has 0 amide bonds. The lowest BCUT2D eigenvalue weighted by Gasteiger charge is -2.10. The molecule has 0 aliphatic carbocycles. The molecule has 0 saturated carbocycles. The molecule has 0 fully saturated rings. The first kappa shape index (κ1) is 16.6. The van der Waals surface area contributed by atoms with Crippen LogP contribution in [0.1, 0.15) is 13.8 Å². The van der Waals surface area contributed by atoms with Crippen LogP contribution in [0.25, 0.3) is 0 Å². The Morgan fingerprint density at radius 2 is 2.18 bits per heavy atom. The van der Waals surface area contributed by atoms with E-state index in [0.29, 0.717) is 23.3 Å². The fraction of sp³-hybridized carbons (Fsp3) is 0.250. The van der Waals surface area contributed by atoms with Crippen molar-refractivity contribution in [2.75, 3.05) is 18.2 Å². The first-order chi connectivity index (χ1) is 10.6. The Labute approximate surface area is 140 Å². The Morgan fingerprint density at radius 1 is 1.36 bits per heavy atom. The van der Waals surface area contributed by atoms with Crippen LogP contribution in [0, 0.1) is 0 Å². The molecule has 116 valence electrons. The SMILES string of the molecule is CSc1ccnc(Nc2ccc(Cl)c(OCC=C(C)C)c2)n1. The third-order valence-electron chi connectivity index (χ3n) is 2.76. The van der Waals surface area contributed by atoms with Crippen molar-refractivity contribution in [2.45, 2.75) is 18.9 Å². The first-order valence-electron chi connectivity index (χ1n) is 6.78. The largest absolute Gasteiger partial charge is 0.488 e. The highest BCUT2D eigenvalue weighted by atomic mass is 35.5. The normalized spacial score (nSPS) is 10.2. The van der Waals surface area contributed by atoms with Gasteiger partial charge in [-0.3, -0.25) is 0 Å². The van der Waals surface area contributed by atoms with Crippen LogP contribution < -0.4 is 10.1 Å². The van der Waals surface area contributed by atoms with E-state index in [-0.39, 0.29) is 0 Å². The van der Waals surface area contributed by atoms with Crippen LogP contribution in [-0.2, 0) is 0 Å². The Bertz CT molecular complexity index is 672. The average molecular weight is 336 g/mol. The van der Waals surface area contributed by atoms with E-state index >= 15 is 0 Å². The molecule has 1 aromatic heterocycles. The summed E-state index contributed by atoms with van der Waals surface area (Å²) < 4.78 is 5.68. The second kappa shape index (κ2) is 8.06. The predicted molar refractivity (Wildman–Crippen MR) is 93.5 cm³/mol. The van der Waals surface area contributed by atoms with E-state index in [4.69, 9.17) is 16.3 Å². The van der Waals surface area contributed by atoms with Gasteiger partial charge in [0.25, 0.3) is 0 Å². The molecule has 0 bridgehead atoms. The highest BCUT2D eigenvalue weighted by Gasteiger charge is 2.05. The van der Waals surface area contributed by atoms with Crippen molar-refractivity contribution < 1.29 is 4.74 Å². The van der Waals surface area contributed by atoms with E-state index in [2.05, 4.69) is 15.3 Å². The number of benzene rings is 1. The smallest absolute Gasteiger partial charge is 0.228 e. The molecule has 1 heterocycles. The van der Waals surface area contributed by atoms with Gasteiger partial charge in [0.05, 0.1) is 5.02 Å². The Kier molecular flexibility index (Phi) is 6.10. The highest BCUT2D eigenvalue weighted by Crippen LogP contribution is 2.29. The number of aromatic nitrogens is 2. The zero-order valence-electron chi connectivity index (χ0n) is 12.8. The minimum absolute atomic E-state index is 0.490. The van der Waals surface area contributed by atoms with Crippen LogP contribution >= 0.6 is 23.4 Å². The molecule has 0 aliphatic heterocycles. The maximum absolute atomic E-state index is 6.15. The van der Waals surface area contributed by atoms with E-state index in [9.17, 15) is 0 Å². The van der Waals surface area contributed by atoms with Gasteiger partial charge in [-0.1, -0.05) is 17.2 Å². The van der Waals surface area contributed by atoms with Crippen LogP contribution in [0.15, 0.2) is 47.1 Å². The van der Waals surface area contributed by atoms with Crippen LogP contribution in [0.2, 0.25) is 5.02 Å². The molecule has 0 spiro atoms. The molecule has 0 aliphatic rings. The number of hydrogen-bond acceptors (Lipinski definition) is 5. The first-order valence-corrected chi connectivity index (χ1v) is 8.38. The van der Waals surface area contributed by atoms with Crippen molar-refractivity contribution in [3.8, 4) is 5.75 Å². The summed E-state index contributed by atoms with van der Waals surface area (Å²) in [5.41, 5.74) is 2.03. The zero-order chi connectivity index (χ0) is 15.9. The van der Waals surface area contributed by atoms with Crippen molar-refractivity contribution in [2.24, 2.45) is 0 Å². The quantitative estimate of drug-likeness (QED) is 0.460. The average Bonchev–Trinajstić information content (AvgIpc) is 2.50. The summed E-state index contributed by atoms with van der Waals surface area (Å²) >= 11 is 7.72. The molecule has 2 aromatic rings. The number of ether oxygens (including phenoxy) is 1. The molecule has 4 nitrogen and oxygen atoms in total. The van der Waals surface area contributed by atoms with Gasteiger partial charge < -0.3 is 10.1 Å². The Balaban J connectivity index is 2.12. The van der Waals surface area contributed by atoms with Crippen molar-refractivity contribution in [1.82, 2.24) is 9.97 Å². The summed E-state index contributed by atoms with van der Waals surface area (Å²) in [6.07, 6.45) is 5.70. The van der Waals surface area contributed by atoms with Gasteiger partial charge in [0.15, 0.2) is 0 Å². The number of anilines is 2. The molecule has 0 unspecified atom stereocenters. The minimum Gasteiger partial charge on any atom is -0.488 e. The standard InChI is InChI=1S/C16H18ClN3OS/c1-11(2)7-9-21-14-10-12(4-5-13(14)17)19-16-18-8-6-15(20-16)22-3/h4-8,10H,9H2,1-3H3,(H,18,19,20). The predicted octanol–water partition coefficient (Wildman–Crippen LogP) is 4.94. The topological polar surface area (TPSA) is 47.0 Å². The summed E-state index contributed by atoms with van der Waals surface area (Å²) in [6.45, 7) is 4.54. The van der Waals surface area contributed by atoms with Crippen molar-refractivity contribution >= 4 is 35.0 Å². The summed E-state index contributed by atoms with van der Waals surface area (Å²) in [5.74, 6) is 1.18. The number of nitrogens with zero attached hydrogens (tertiary/aromatic N) is 2. The Hall–Kier alpha value is -1.72. The highest BCUT2D eigenvalue weighted by molar-refractivity contribution is 7.98. The summed E-state index contributed by atoms with van der Waals surface area (Å²) in [5, 5.41) is 4.64. The van der Waals surface area contributed by atoms with Gasteiger partial charge in [0.1, 0.15) is 17.4 Å². The van der Waals surface area contributed by atoms with Gasteiger partial charge >= 0.3 is 0 Å². The molecule has 1 aromatic carbocycles. The fourth-order valence-corrected chi connectivity index (χ4v) is 2.18. The van der Waals surface area contributed by atoms with Gasteiger partial charge in [-0.25, -0.2) is 9.97 Å². The lowest BCUT2D eigenvalue weighted by Crippen LogP contribution is -1.99. The second-order valence-corrected chi connectivity index (χ2v) is 6.02. The zero-order valence-corrected chi connectivity index (χ0v) is 14.3.